The summed E-state index contributed by atoms with van der Waals surface area (Å²) in [4.78, 5) is 4.18. The minimum Gasteiger partial charge on any atom is -0.497 e. The second kappa shape index (κ2) is 15.3. The van der Waals surface area contributed by atoms with Crippen LogP contribution in [0.4, 0.5) is 0 Å². The quantitative estimate of drug-likeness (QED) is 0.235. The number of nitrogens with one attached hydrogen (secondary N) is 2. The van der Waals surface area contributed by atoms with Crippen LogP contribution in [0.15, 0.2) is 29.3 Å². The third-order valence-electron chi connectivity index (χ3n) is 3.13. The first kappa shape index (κ1) is 22.8. The topological polar surface area (TPSA) is 64.1 Å². The summed E-state index contributed by atoms with van der Waals surface area (Å²) in [5, 5.41) is 6.52. The summed E-state index contributed by atoms with van der Waals surface area (Å²) < 4.78 is 16.1. The Bertz CT molecular complexity index is 441. The van der Waals surface area contributed by atoms with E-state index in [1.54, 1.807) is 14.2 Å². The van der Waals surface area contributed by atoms with Crippen LogP contribution in [0.5, 0.6) is 11.5 Å². The summed E-state index contributed by atoms with van der Waals surface area (Å²) in [7, 11) is 3.42. The van der Waals surface area contributed by atoms with Crippen molar-refractivity contribution < 1.29 is 14.2 Å². The third-order valence-corrected chi connectivity index (χ3v) is 3.13. The largest absolute Gasteiger partial charge is 0.497 e. The molecule has 0 atom stereocenters. The average molecular weight is 451 g/mol. The van der Waals surface area contributed by atoms with Gasteiger partial charge in [-0.15, -0.1) is 24.0 Å². The monoisotopic (exact) mass is 451 g/mol. The Kier molecular flexibility index (Phi) is 14.5. The molecule has 0 radical (unpaired) electrons. The van der Waals surface area contributed by atoms with Crippen LogP contribution in [0, 0.1) is 0 Å². The second-order valence-corrected chi connectivity index (χ2v) is 4.85. The molecule has 0 unspecified atom stereocenters. The van der Waals surface area contributed by atoms with Gasteiger partial charge in [0.1, 0.15) is 11.5 Å². The SMILES string of the molecule is CCOCCCNC(=NC)NCCCOc1ccc(OC)cc1.I. The number of methoxy groups -OCH3 is 1. The van der Waals surface area contributed by atoms with Crippen LogP contribution in [-0.2, 0) is 4.74 Å². The summed E-state index contributed by atoms with van der Waals surface area (Å²) in [6.07, 6.45) is 1.86. The van der Waals surface area contributed by atoms with Crippen LogP contribution < -0.4 is 20.1 Å². The Morgan fingerprint density at radius 2 is 1.58 bits per heavy atom. The average Bonchev–Trinajstić information content (AvgIpc) is 2.60. The molecule has 0 heterocycles. The van der Waals surface area contributed by atoms with Crippen LogP contribution in [0.3, 0.4) is 0 Å². The number of hydrogen-bond acceptors (Lipinski definition) is 4. The molecule has 0 spiro atoms. The first-order chi connectivity index (χ1) is 11.3. The van der Waals surface area contributed by atoms with Crippen LogP contribution >= 0.6 is 24.0 Å². The number of nitrogens with zero attached hydrogens (tertiary/aromatic N) is 1. The molecule has 7 heteroatoms. The van der Waals surface area contributed by atoms with E-state index in [1.807, 2.05) is 31.2 Å². The summed E-state index contributed by atoms with van der Waals surface area (Å²) in [6, 6.07) is 7.60. The number of hydrogen-bond donors (Lipinski definition) is 2. The maximum atomic E-state index is 5.67. The predicted octanol–water partition coefficient (Wildman–Crippen LogP) is 2.67. The van der Waals surface area contributed by atoms with Crippen molar-refractivity contribution in [3.8, 4) is 11.5 Å². The van der Waals surface area contributed by atoms with Gasteiger partial charge in [0.05, 0.1) is 13.7 Å². The van der Waals surface area contributed by atoms with E-state index in [1.165, 1.54) is 0 Å². The summed E-state index contributed by atoms with van der Waals surface area (Å²) in [6.45, 7) is 5.85. The van der Waals surface area contributed by atoms with Gasteiger partial charge in [-0.2, -0.15) is 0 Å². The highest BCUT2D eigenvalue weighted by atomic mass is 127. The molecule has 0 fully saturated rings. The zero-order valence-corrected chi connectivity index (χ0v) is 17.2. The van der Waals surface area contributed by atoms with Crippen molar-refractivity contribution in [3.05, 3.63) is 24.3 Å². The zero-order valence-electron chi connectivity index (χ0n) is 14.8. The molecule has 2 N–H and O–H groups in total. The molecule has 1 rings (SSSR count). The van der Waals surface area contributed by atoms with E-state index in [4.69, 9.17) is 14.2 Å². The van der Waals surface area contributed by atoms with Crippen molar-refractivity contribution in [2.45, 2.75) is 19.8 Å². The van der Waals surface area contributed by atoms with Crippen LogP contribution in [-0.4, -0.2) is 53.0 Å². The highest BCUT2D eigenvalue weighted by Crippen LogP contribution is 2.16. The number of ether oxygens (including phenoxy) is 3. The molecule has 6 nitrogen and oxygen atoms in total. The molecule has 0 saturated heterocycles. The van der Waals surface area contributed by atoms with E-state index in [9.17, 15) is 0 Å². The Labute approximate surface area is 162 Å². The van der Waals surface area contributed by atoms with E-state index >= 15 is 0 Å². The van der Waals surface area contributed by atoms with Gasteiger partial charge < -0.3 is 24.8 Å². The van der Waals surface area contributed by atoms with Gasteiger partial charge in [-0.3, -0.25) is 4.99 Å². The van der Waals surface area contributed by atoms with E-state index in [2.05, 4.69) is 15.6 Å². The Hall–Kier alpha value is -1.22. The summed E-state index contributed by atoms with van der Waals surface area (Å²) in [5.74, 6) is 2.49. The van der Waals surface area contributed by atoms with Crippen molar-refractivity contribution in [2.75, 3.05) is 47.1 Å². The van der Waals surface area contributed by atoms with Crippen molar-refractivity contribution in [1.29, 1.82) is 0 Å². The lowest BCUT2D eigenvalue weighted by molar-refractivity contribution is 0.145. The lowest BCUT2D eigenvalue weighted by Gasteiger charge is -2.12. The fourth-order valence-corrected chi connectivity index (χ4v) is 1.89. The van der Waals surface area contributed by atoms with Gasteiger partial charge in [-0.05, 0) is 44.0 Å². The second-order valence-electron chi connectivity index (χ2n) is 4.85. The summed E-state index contributed by atoms with van der Waals surface area (Å²) >= 11 is 0. The van der Waals surface area contributed by atoms with Crippen molar-refractivity contribution in [3.63, 3.8) is 0 Å². The van der Waals surface area contributed by atoms with Crippen molar-refractivity contribution in [2.24, 2.45) is 4.99 Å². The molecule has 0 aliphatic rings. The van der Waals surface area contributed by atoms with E-state index in [-0.39, 0.29) is 24.0 Å². The highest BCUT2D eigenvalue weighted by Gasteiger charge is 1.98. The van der Waals surface area contributed by atoms with E-state index < -0.39 is 0 Å². The Morgan fingerprint density at radius 3 is 2.12 bits per heavy atom. The van der Waals surface area contributed by atoms with Gasteiger partial charge in [0, 0.05) is 33.4 Å². The standard InChI is InChI=1S/C17H29N3O3.HI/c1-4-22-13-5-11-19-17(18-2)20-12-6-14-23-16-9-7-15(21-3)8-10-16;/h7-10H,4-6,11-14H2,1-3H3,(H2,18,19,20);1H. The number of aliphatic imine (C=N–C) groups is 1. The lowest BCUT2D eigenvalue weighted by atomic mass is 10.3. The van der Waals surface area contributed by atoms with Gasteiger partial charge >= 0.3 is 0 Å². The first-order valence-corrected chi connectivity index (χ1v) is 8.09. The normalized spacial score (nSPS) is 10.7. The van der Waals surface area contributed by atoms with Gasteiger partial charge in [0.25, 0.3) is 0 Å². The molecule has 0 aliphatic carbocycles. The van der Waals surface area contributed by atoms with E-state index in [0.29, 0.717) is 6.61 Å². The van der Waals surface area contributed by atoms with Crippen molar-refractivity contribution >= 4 is 29.9 Å². The number of halogens is 1. The van der Waals surface area contributed by atoms with Gasteiger partial charge in [-0.1, -0.05) is 0 Å². The van der Waals surface area contributed by atoms with E-state index in [0.717, 1.165) is 56.6 Å². The van der Waals surface area contributed by atoms with Crippen LogP contribution in [0.2, 0.25) is 0 Å². The molecule has 138 valence electrons. The predicted molar refractivity (Wildman–Crippen MR) is 109 cm³/mol. The van der Waals surface area contributed by atoms with Crippen LogP contribution in [0.1, 0.15) is 19.8 Å². The number of rotatable bonds is 11. The molecular formula is C17H30IN3O3. The van der Waals surface area contributed by atoms with Gasteiger partial charge in [-0.25, -0.2) is 0 Å². The maximum Gasteiger partial charge on any atom is 0.190 e. The fraction of sp³-hybridized carbons (Fsp3) is 0.588. The number of guanidine groups is 1. The first-order valence-electron chi connectivity index (χ1n) is 8.09. The fourth-order valence-electron chi connectivity index (χ4n) is 1.89. The maximum absolute atomic E-state index is 5.67. The molecule has 0 amide bonds. The zero-order chi connectivity index (χ0) is 16.8. The number of benzene rings is 1. The highest BCUT2D eigenvalue weighted by molar-refractivity contribution is 14.0. The molecule has 0 aliphatic heterocycles. The van der Waals surface area contributed by atoms with Gasteiger partial charge in [0.15, 0.2) is 5.96 Å². The van der Waals surface area contributed by atoms with Crippen molar-refractivity contribution in [1.82, 2.24) is 10.6 Å². The minimum absolute atomic E-state index is 0. The molecule has 24 heavy (non-hydrogen) atoms. The van der Waals surface area contributed by atoms with Crippen LogP contribution in [0.25, 0.3) is 0 Å². The molecule has 0 saturated carbocycles. The molecular weight excluding hydrogens is 421 g/mol. The molecule has 0 aromatic heterocycles. The lowest BCUT2D eigenvalue weighted by Crippen LogP contribution is -2.38. The smallest absolute Gasteiger partial charge is 0.190 e. The molecule has 0 bridgehead atoms. The molecule has 1 aromatic rings. The Balaban J connectivity index is 0.00000529. The third kappa shape index (κ3) is 10.5. The van der Waals surface area contributed by atoms with Gasteiger partial charge in [0.2, 0.25) is 0 Å². The minimum atomic E-state index is 0. The summed E-state index contributed by atoms with van der Waals surface area (Å²) in [5.41, 5.74) is 0. The Morgan fingerprint density at radius 1 is 1.00 bits per heavy atom. The molecule has 1 aromatic carbocycles.